The Kier molecular flexibility index (Phi) is 6.76. The minimum absolute atomic E-state index is 0.445. The zero-order valence-electron chi connectivity index (χ0n) is 16.4. The summed E-state index contributed by atoms with van der Waals surface area (Å²) in [6, 6.07) is 7.48. The monoisotopic (exact) mass is 378 g/mol. The molecule has 0 amide bonds. The normalized spacial score (nSPS) is 24.0. The first-order valence-electron chi connectivity index (χ1n) is 10.3. The lowest BCUT2D eigenvalue weighted by Crippen LogP contribution is -2.43. The van der Waals surface area contributed by atoms with Crippen molar-refractivity contribution in [1.29, 1.82) is 0 Å². The van der Waals surface area contributed by atoms with Crippen LogP contribution in [0.25, 0.3) is 0 Å². The second-order valence-electron chi connectivity index (χ2n) is 8.25. The quantitative estimate of drug-likeness (QED) is 0.756. The van der Waals surface area contributed by atoms with E-state index >= 15 is 0 Å². The van der Waals surface area contributed by atoms with E-state index in [1.165, 1.54) is 31.5 Å². The van der Waals surface area contributed by atoms with Gasteiger partial charge in [-0.3, -0.25) is 0 Å². The van der Waals surface area contributed by atoms with Gasteiger partial charge in [-0.05, 0) is 68.2 Å². The van der Waals surface area contributed by atoms with Crippen molar-refractivity contribution < 1.29 is 8.42 Å². The molecule has 2 fully saturated rings. The second-order valence-corrected chi connectivity index (χ2v) is 10.2. The first-order chi connectivity index (χ1) is 12.5. The van der Waals surface area contributed by atoms with E-state index in [1.807, 2.05) is 12.1 Å². The van der Waals surface area contributed by atoms with Crippen molar-refractivity contribution in [2.75, 3.05) is 32.7 Å². The van der Waals surface area contributed by atoms with E-state index in [4.69, 9.17) is 0 Å². The number of nitrogens with zero attached hydrogens (tertiary/aromatic N) is 2. The fourth-order valence-electron chi connectivity index (χ4n) is 4.42. The van der Waals surface area contributed by atoms with Gasteiger partial charge in [0.05, 0.1) is 4.90 Å². The van der Waals surface area contributed by atoms with Gasteiger partial charge in [-0.15, -0.1) is 0 Å². The van der Waals surface area contributed by atoms with E-state index in [9.17, 15) is 8.42 Å². The summed E-state index contributed by atoms with van der Waals surface area (Å²) in [5, 5.41) is 0. The lowest BCUT2D eigenvalue weighted by molar-refractivity contribution is 0.136. The Hall–Kier alpha value is -0.910. The molecule has 0 spiro atoms. The molecule has 5 heteroatoms. The molecule has 0 unspecified atom stereocenters. The molecule has 0 aromatic heterocycles. The van der Waals surface area contributed by atoms with E-state index in [0.29, 0.717) is 23.9 Å². The zero-order valence-corrected chi connectivity index (χ0v) is 17.2. The van der Waals surface area contributed by atoms with Gasteiger partial charge in [0.15, 0.2) is 0 Å². The molecule has 0 N–H and O–H groups in total. The van der Waals surface area contributed by atoms with E-state index in [0.717, 1.165) is 38.1 Å². The Morgan fingerprint density at radius 2 is 1.73 bits per heavy atom. The van der Waals surface area contributed by atoms with Crippen molar-refractivity contribution in [2.45, 2.75) is 57.3 Å². The Balaban J connectivity index is 1.54. The number of benzene rings is 1. The average molecular weight is 379 g/mol. The highest BCUT2D eigenvalue weighted by atomic mass is 32.2. The SMILES string of the molecule is CCCc1ccc(S(=O)(=O)N2CCC(CN3CCC[C@H](C)C3)CC2)cc1. The van der Waals surface area contributed by atoms with Crippen molar-refractivity contribution in [1.82, 2.24) is 9.21 Å². The molecule has 0 bridgehead atoms. The topological polar surface area (TPSA) is 40.6 Å². The zero-order chi connectivity index (χ0) is 18.6. The van der Waals surface area contributed by atoms with Gasteiger partial charge in [-0.25, -0.2) is 8.42 Å². The van der Waals surface area contributed by atoms with Crippen molar-refractivity contribution in [2.24, 2.45) is 11.8 Å². The maximum absolute atomic E-state index is 12.9. The maximum atomic E-state index is 12.9. The molecule has 1 atom stereocenters. The summed E-state index contributed by atoms with van der Waals surface area (Å²) in [5.74, 6) is 1.44. The molecule has 2 saturated heterocycles. The highest BCUT2D eigenvalue weighted by molar-refractivity contribution is 7.89. The van der Waals surface area contributed by atoms with Crippen LogP contribution >= 0.6 is 0 Å². The standard InChI is InChI=1S/C21H34N2O2S/c1-3-5-19-7-9-21(10-8-19)26(24,25)23-14-11-20(12-15-23)17-22-13-4-6-18(2)16-22/h7-10,18,20H,3-6,11-17H2,1-2H3/t18-/m0/s1. The van der Waals surface area contributed by atoms with Gasteiger partial charge in [0.1, 0.15) is 0 Å². The van der Waals surface area contributed by atoms with Crippen LogP contribution in [0.1, 0.15) is 51.5 Å². The van der Waals surface area contributed by atoms with Crippen LogP contribution in [-0.4, -0.2) is 50.3 Å². The summed E-state index contributed by atoms with van der Waals surface area (Å²) >= 11 is 0. The Bertz CT molecular complexity index is 664. The Morgan fingerprint density at radius 1 is 1.04 bits per heavy atom. The van der Waals surface area contributed by atoms with Crippen LogP contribution in [0.4, 0.5) is 0 Å². The Labute approximate surface area is 159 Å². The second kappa shape index (κ2) is 8.85. The summed E-state index contributed by atoms with van der Waals surface area (Å²) in [5.41, 5.74) is 1.21. The molecule has 0 radical (unpaired) electrons. The summed E-state index contributed by atoms with van der Waals surface area (Å²) in [6.45, 7) is 9.37. The third-order valence-electron chi connectivity index (χ3n) is 5.93. The molecular formula is C21H34N2O2S. The number of hydrogen-bond acceptors (Lipinski definition) is 3. The van der Waals surface area contributed by atoms with Crippen LogP contribution in [0.2, 0.25) is 0 Å². The van der Waals surface area contributed by atoms with E-state index < -0.39 is 10.0 Å². The van der Waals surface area contributed by atoms with E-state index in [2.05, 4.69) is 18.7 Å². The number of piperidine rings is 2. The largest absolute Gasteiger partial charge is 0.303 e. The molecule has 3 rings (SSSR count). The van der Waals surface area contributed by atoms with Crippen LogP contribution in [0, 0.1) is 11.8 Å². The fourth-order valence-corrected chi connectivity index (χ4v) is 5.89. The fraction of sp³-hybridized carbons (Fsp3) is 0.714. The van der Waals surface area contributed by atoms with E-state index in [-0.39, 0.29) is 0 Å². The number of sulfonamides is 1. The van der Waals surface area contributed by atoms with E-state index in [1.54, 1.807) is 16.4 Å². The summed E-state index contributed by atoms with van der Waals surface area (Å²) < 4.78 is 27.5. The van der Waals surface area contributed by atoms with Gasteiger partial charge in [-0.1, -0.05) is 32.4 Å². The lowest BCUT2D eigenvalue weighted by Gasteiger charge is -2.37. The molecule has 2 aliphatic heterocycles. The average Bonchev–Trinajstić information content (AvgIpc) is 2.63. The molecule has 4 nitrogen and oxygen atoms in total. The smallest absolute Gasteiger partial charge is 0.243 e. The number of hydrogen-bond donors (Lipinski definition) is 0. The summed E-state index contributed by atoms with van der Waals surface area (Å²) in [6.07, 6.45) is 6.71. The number of rotatable bonds is 6. The molecule has 0 aliphatic carbocycles. The van der Waals surface area contributed by atoms with Crippen LogP contribution in [0.15, 0.2) is 29.2 Å². The Morgan fingerprint density at radius 3 is 2.35 bits per heavy atom. The van der Waals surface area contributed by atoms with Gasteiger partial charge in [0.2, 0.25) is 10.0 Å². The molecule has 2 heterocycles. The van der Waals surface area contributed by atoms with Crippen LogP contribution < -0.4 is 0 Å². The highest BCUT2D eigenvalue weighted by Gasteiger charge is 2.30. The minimum atomic E-state index is -3.34. The van der Waals surface area contributed by atoms with Crippen LogP contribution in [0.5, 0.6) is 0 Å². The molecule has 26 heavy (non-hydrogen) atoms. The molecule has 2 aliphatic rings. The number of likely N-dealkylation sites (tertiary alicyclic amines) is 1. The summed E-state index contributed by atoms with van der Waals surface area (Å²) in [7, 11) is -3.34. The lowest BCUT2D eigenvalue weighted by atomic mass is 9.94. The molecule has 0 saturated carbocycles. The van der Waals surface area contributed by atoms with Crippen molar-refractivity contribution >= 4 is 10.0 Å². The first-order valence-corrected chi connectivity index (χ1v) is 11.7. The predicted molar refractivity (Wildman–Crippen MR) is 107 cm³/mol. The third-order valence-corrected chi connectivity index (χ3v) is 7.84. The van der Waals surface area contributed by atoms with Gasteiger partial charge < -0.3 is 4.90 Å². The van der Waals surface area contributed by atoms with Gasteiger partial charge in [-0.2, -0.15) is 4.31 Å². The van der Waals surface area contributed by atoms with Gasteiger partial charge in [0.25, 0.3) is 0 Å². The summed E-state index contributed by atoms with van der Waals surface area (Å²) in [4.78, 5) is 3.04. The molecule has 1 aromatic carbocycles. The minimum Gasteiger partial charge on any atom is -0.303 e. The number of aryl methyl sites for hydroxylation is 1. The molecule has 146 valence electrons. The maximum Gasteiger partial charge on any atom is 0.243 e. The first kappa shape index (κ1) is 19.8. The third kappa shape index (κ3) is 4.87. The van der Waals surface area contributed by atoms with Crippen LogP contribution in [0.3, 0.4) is 0 Å². The van der Waals surface area contributed by atoms with Crippen molar-refractivity contribution in [3.05, 3.63) is 29.8 Å². The van der Waals surface area contributed by atoms with Gasteiger partial charge in [0, 0.05) is 26.2 Å². The molecule has 1 aromatic rings. The van der Waals surface area contributed by atoms with Crippen LogP contribution in [-0.2, 0) is 16.4 Å². The highest BCUT2D eigenvalue weighted by Crippen LogP contribution is 2.26. The van der Waals surface area contributed by atoms with Gasteiger partial charge >= 0.3 is 0 Å². The predicted octanol–water partition coefficient (Wildman–Crippen LogP) is 3.77. The molecular weight excluding hydrogens is 344 g/mol. The van der Waals surface area contributed by atoms with Crippen molar-refractivity contribution in [3.8, 4) is 0 Å². The van der Waals surface area contributed by atoms with Crippen molar-refractivity contribution in [3.63, 3.8) is 0 Å².